The molecule has 0 fully saturated rings. The van der Waals surface area contributed by atoms with Crippen LogP contribution in [0.15, 0.2) is 46.9 Å². The second-order valence-corrected chi connectivity index (χ2v) is 6.18. The number of aryl methyl sites for hydroxylation is 1. The highest BCUT2D eigenvalue weighted by atomic mass is 79.9. The molecular weight excluding hydrogens is 348 g/mol. The summed E-state index contributed by atoms with van der Waals surface area (Å²) in [6.45, 7) is 3.98. The van der Waals surface area contributed by atoms with Crippen molar-refractivity contribution in [2.24, 2.45) is 0 Å². The first kappa shape index (κ1) is 14.4. The molecular formula is C17H14BrClN2. The summed E-state index contributed by atoms with van der Waals surface area (Å²) in [4.78, 5) is 4.70. The fraction of sp³-hybridized carbons (Fsp3) is 0.118. The van der Waals surface area contributed by atoms with Crippen LogP contribution in [-0.2, 0) is 0 Å². The Hall–Kier alpha value is -1.58. The molecule has 0 amide bonds. The molecule has 106 valence electrons. The molecule has 0 bridgehead atoms. The Bertz CT molecular complexity index is 830. The quantitative estimate of drug-likeness (QED) is 0.604. The normalized spacial score (nSPS) is 10.9. The zero-order valence-electron chi connectivity index (χ0n) is 11.7. The summed E-state index contributed by atoms with van der Waals surface area (Å²) in [7, 11) is 0. The Morgan fingerprint density at radius 3 is 2.48 bits per heavy atom. The summed E-state index contributed by atoms with van der Waals surface area (Å²) < 4.78 is 1.01. The highest BCUT2D eigenvalue weighted by molar-refractivity contribution is 9.10. The standard InChI is InChI=1S/C17H14BrClN2/c1-10-11(2)20-17-12(16(10)19)6-5-9-15(17)21-14-8-4-3-7-13(14)18/h3-9,21H,1-2H3. The van der Waals surface area contributed by atoms with E-state index in [2.05, 4.69) is 21.2 Å². The third kappa shape index (κ3) is 2.63. The summed E-state index contributed by atoms with van der Waals surface area (Å²) in [6.07, 6.45) is 0. The highest BCUT2D eigenvalue weighted by Gasteiger charge is 2.11. The Morgan fingerprint density at radius 1 is 1.00 bits per heavy atom. The number of pyridine rings is 1. The van der Waals surface area contributed by atoms with E-state index in [9.17, 15) is 0 Å². The minimum atomic E-state index is 0.772. The molecule has 21 heavy (non-hydrogen) atoms. The van der Waals surface area contributed by atoms with Gasteiger partial charge in [0.15, 0.2) is 0 Å². The van der Waals surface area contributed by atoms with E-state index in [1.165, 1.54) is 0 Å². The Morgan fingerprint density at radius 2 is 1.71 bits per heavy atom. The van der Waals surface area contributed by atoms with Gasteiger partial charge in [0.1, 0.15) is 0 Å². The van der Waals surface area contributed by atoms with Gasteiger partial charge in [0, 0.05) is 15.6 Å². The third-order valence-corrected chi connectivity index (χ3v) is 4.75. The van der Waals surface area contributed by atoms with Crippen LogP contribution >= 0.6 is 27.5 Å². The minimum absolute atomic E-state index is 0.772. The lowest BCUT2D eigenvalue weighted by atomic mass is 10.1. The van der Waals surface area contributed by atoms with Gasteiger partial charge in [-0.15, -0.1) is 0 Å². The van der Waals surface area contributed by atoms with Crippen LogP contribution in [0.3, 0.4) is 0 Å². The van der Waals surface area contributed by atoms with E-state index < -0.39 is 0 Å². The predicted octanol–water partition coefficient (Wildman–Crippen LogP) is 6.01. The van der Waals surface area contributed by atoms with Gasteiger partial charge < -0.3 is 5.32 Å². The molecule has 0 aliphatic heterocycles. The summed E-state index contributed by atoms with van der Waals surface area (Å²) >= 11 is 10.0. The van der Waals surface area contributed by atoms with Crippen LogP contribution in [0.1, 0.15) is 11.3 Å². The maximum absolute atomic E-state index is 6.46. The zero-order chi connectivity index (χ0) is 15.0. The fourth-order valence-corrected chi connectivity index (χ4v) is 2.94. The van der Waals surface area contributed by atoms with Crippen LogP contribution in [0.5, 0.6) is 0 Å². The number of benzene rings is 2. The van der Waals surface area contributed by atoms with Gasteiger partial charge in [0.05, 0.1) is 21.9 Å². The summed E-state index contributed by atoms with van der Waals surface area (Å²) in [5.41, 5.74) is 4.82. The number of hydrogen-bond acceptors (Lipinski definition) is 2. The molecule has 0 atom stereocenters. The fourth-order valence-electron chi connectivity index (χ4n) is 2.26. The van der Waals surface area contributed by atoms with Crippen molar-refractivity contribution in [3.8, 4) is 0 Å². The molecule has 0 saturated heterocycles. The van der Waals surface area contributed by atoms with Gasteiger partial charge in [-0.25, -0.2) is 0 Å². The van der Waals surface area contributed by atoms with E-state index in [1.807, 2.05) is 56.3 Å². The molecule has 1 aromatic heterocycles. The first-order chi connectivity index (χ1) is 10.1. The van der Waals surface area contributed by atoms with Crippen LogP contribution in [-0.4, -0.2) is 4.98 Å². The molecule has 0 spiro atoms. The van der Waals surface area contributed by atoms with Crippen molar-refractivity contribution in [3.05, 3.63) is 63.2 Å². The molecule has 1 N–H and O–H groups in total. The van der Waals surface area contributed by atoms with Gasteiger partial charge in [-0.05, 0) is 53.5 Å². The number of aromatic nitrogens is 1. The molecule has 3 aromatic rings. The lowest BCUT2D eigenvalue weighted by Gasteiger charge is -2.13. The maximum Gasteiger partial charge on any atom is 0.0955 e. The van der Waals surface area contributed by atoms with Crippen molar-refractivity contribution in [2.45, 2.75) is 13.8 Å². The topological polar surface area (TPSA) is 24.9 Å². The van der Waals surface area contributed by atoms with Crippen molar-refractivity contribution >= 4 is 49.8 Å². The largest absolute Gasteiger partial charge is 0.353 e. The van der Waals surface area contributed by atoms with Gasteiger partial charge >= 0.3 is 0 Å². The first-order valence-electron chi connectivity index (χ1n) is 6.65. The number of para-hydroxylation sites is 2. The number of rotatable bonds is 2. The number of hydrogen-bond donors (Lipinski definition) is 1. The lowest BCUT2D eigenvalue weighted by molar-refractivity contribution is 1.20. The van der Waals surface area contributed by atoms with Gasteiger partial charge in [-0.1, -0.05) is 35.9 Å². The van der Waals surface area contributed by atoms with Crippen LogP contribution in [0.4, 0.5) is 11.4 Å². The molecule has 0 radical (unpaired) electrons. The molecule has 0 aliphatic carbocycles. The molecule has 3 rings (SSSR count). The predicted molar refractivity (Wildman–Crippen MR) is 93.7 cm³/mol. The highest BCUT2D eigenvalue weighted by Crippen LogP contribution is 2.34. The SMILES string of the molecule is Cc1nc2c(Nc3ccccc3Br)cccc2c(Cl)c1C. The Kier molecular flexibility index (Phi) is 3.87. The average molecular weight is 362 g/mol. The minimum Gasteiger partial charge on any atom is -0.353 e. The molecule has 2 nitrogen and oxygen atoms in total. The van der Waals surface area contributed by atoms with Crippen LogP contribution in [0.25, 0.3) is 10.9 Å². The van der Waals surface area contributed by atoms with Crippen LogP contribution in [0, 0.1) is 13.8 Å². The first-order valence-corrected chi connectivity index (χ1v) is 7.82. The lowest BCUT2D eigenvalue weighted by Crippen LogP contribution is -1.97. The molecule has 4 heteroatoms. The van der Waals surface area contributed by atoms with E-state index in [4.69, 9.17) is 16.6 Å². The van der Waals surface area contributed by atoms with E-state index in [-0.39, 0.29) is 0 Å². The van der Waals surface area contributed by atoms with Crippen molar-refractivity contribution in [1.29, 1.82) is 0 Å². The Balaban J connectivity index is 2.18. The number of halogens is 2. The van der Waals surface area contributed by atoms with E-state index >= 15 is 0 Å². The summed E-state index contributed by atoms with van der Waals surface area (Å²) in [6, 6.07) is 14.0. The number of nitrogens with one attached hydrogen (secondary N) is 1. The average Bonchev–Trinajstić information content (AvgIpc) is 2.48. The van der Waals surface area contributed by atoms with Gasteiger partial charge in [-0.2, -0.15) is 0 Å². The molecule has 0 aliphatic rings. The third-order valence-electron chi connectivity index (χ3n) is 3.57. The van der Waals surface area contributed by atoms with E-state index in [0.29, 0.717) is 0 Å². The maximum atomic E-state index is 6.46. The van der Waals surface area contributed by atoms with Gasteiger partial charge in [0.2, 0.25) is 0 Å². The van der Waals surface area contributed by atoms with Gasteiger partial charge in [0.25, 0.3) is 0 Å². The molecule has 0 unspecified atom stereocenters. The van der Waals surface area contributed by atoms with Gasteiger partial charge in [-0.3, -0.25) is 4.98 Å². The van der Waals surface area contributed by atoms with Crippen LogP contribution in [0.2, 0.25) is 5.02 Å². The molecule has 2 aromatic carbocycles. The van der Waals surface area contributed by atoms with Crippen molar-refractivity contribution in [1.82, 2.24) is 4.98 Å². The van der Waals surface area contributed by atoms with Crippen molar-refractivity contribution in [2.75, 3.05) is 5.32 Å². The molecule has 0 saturated carbocycles. The monoisotopic (exact) mass is 360 g/mol. The van der Waals surface area contributed by atoms with E-state index in [0.717, 1.165) is 43.0 Å². The smallest absolute Gasteiger partial charge is 0.0955 e. The zero-order valence-corrected chi connectivity index (χ0v) is 14.1. The number of anilines is 2. The van der Waals surface area contributed by atoms with Crippen molar-refractivity contribution in [3.63, 3.8) is 0 Å². The van der Waals surface area contributed by atoms with Crippen molar-refractivity contribution < 1.29 is 0 Å². The second kappa shape index (κ2) is 5.66. The molecule has 1 heterocycles. The number of fused-ring (bicyclic) bond motifs is 1. The second-order valence-electron chi connectivity index (χ2n) is 4.94. The summed E-state index contributed by atoms with van der Waals surface area (Å²) in [5.74, 6) is 0. The van der Waals surface area contributed by atoms with Crippen LogP contribution < -0.4 is 5.32 Å². The Labute approximate surface area is 137 Å². The number of nitrogens with zero attached hydrogens (tertiary/aromatic N) is 1. The summed E-state index contributed by atoms with van der Waals surface area (Å²) in [5, 5.41) is 5.16. The van der Waals surface area contributed by atoms with E-state index in [1.54, 1.807) is 0 Å².